The quantitative estimate of drug-likeness (QED) is 0.750. The highest BCUT2D eigenvalue weighted by Gasteiger charge is 2.20. The van der Waals surface area contributed by atoms with Crippen molar-refractivity contribution in [2.75, 3.05) is 20.3 Å². The summed E-state index contributed by atoms with van der Waals surface area (Å²) in [5.74, 6) is 0.935. The fourth-order valence-corrected chi connectivity index (χ4v) is 2.57. The second kappa shape index (κ2) is 7.52. The summed E-state index contributed by atoms with van der Waals surface area (Å²) in [5, 5.41) is 4.30. The van der Waals surface area contributed by atoms with Crippen LogP contribution >= 0.6 is 0 Å². The zero-order valence-corrected chi connectivity index (χ0v) is 12.4. The second-order valence-electron chi connectivity index (χ2n) is 4.88. The molecule has 1 atom stereocenters. The molecule has 1 aromatic carbocycles. The van der Waals surface area contributed by atoms with Crippen LogP contribution in [0.1, 0.15) is 30.7 Å². The van der Waals surface area contributed by atoms with Gasteiger partial charge in [-0.05, 0) is 19.5 Å². The van der Waals surface area contributed by atoms with Gasteiger partial charge in [-0.2, -0.15) is 0 Å². The van der Waals surface area contributed by atoms with Crippen LogP contribution in [0.15, 0.2) is 28.7 Å². The molecule has 21 heavy (non-hydrogen) atoms. The van der Waals surface area contributed by atoms with Crippen LogP contribution in [0.5, 0.6) is 0 Å². The Kier molecular flexibility index (Phi) is 5.70. The predicted octanol–water partition coefficient (Wildman–Crippen LogP) is 3.93. The van der Waals surface area contributed by atoms with E-state index < -0.39 is 13.0 Å². The van der Waals surface area contributed by atoms with E-state index in [1.807, 2.05) is 38.2 Å². The molecule has 1 unspecified atom stereocenters. The molecular formula is C16H21F2NO2. The summed E-state index contributed by atoms with van der Waals surface area (Å²) in [6.45, 7) is 1.82. The third kappa shape index (κ3) is 3.80. The van der Waals surface area contributed by atoms with E-state index >= 15 is 0 Å². The molecule has 2 aromatic rings. The molecule has 0 saturated carbocycles. The molecule has 0 spiro atoms. The first-order valence-electron chi connectivity index (χ1n) is 7.20. The molecular weight excluding hydrogens is 276 g/mol. The molecule has 5 heteroatoms. The molecule has 0 aliphatic heterocycles. The van der Waals surface area contributed by atoms with Crippen molar-refractivity contribution in [2.45, 2.75) is 32.2 Å². The van der Waals surface area contributed by atoms with Crippen LogP contribution in [-0.4, -0.2) is 26.7 Å². The maximum absolute atomic E-state index is 12.1. The number of ether oxygens (including phenoxy) is 1. The molecule has 0 saturated heterocycles. The highest BCUT2D eigenvalue weighted by Crippen LogP contribution is 2.32. The summed E-state index contributed by atoms with van der Waals surface area (Å²) in [7, 11) is 1.86. The van der Waals surface area contributed by atoms with Gasteiger partial charge in [0.05, 0.1) is 0 Å². The number of furan rings is 1. The average molecular weight is 297 g/mol. The molecule has 0 radical (unpaired) electrons. The van der Waals surface area contributed by atoms with E-state index in [2.05, 4.69) is 5.32 Å². The molecule has 116 valence electrons. The van der Waals surface area contributed by atoms with E-state index in [-0.39, 0.29) is 6.04 Å². The maximum atomic E-state index is 12.1. The highest BCUT2D eigenvalue weighted by molar-refractivity contribution is 5.82. The number of benzene rings is 1. The number of halogens is 2. The summed E-state index contributed by atoms with van der Waals surface area (Å²) in [6.07, 6.45) is -1.00. The van der Waals surface area contributed by atoms with Crippen LogP contribution in [0, 0.1) is 0 Å². The molecule has 1 heterocycles. The number of rotatable bonds is 8. The Morgan fingerprint density at radius 1 is 1.29 bits per heavy atom. The molecule has 3 nitrogen and oxygen atoms in total. The largest absolute Gasteiger partial charge is 0.461 e. The van der Waals surface area contributed by atoms with Crippen molar-refractivity contribution in [1.29, 1.82) is 0 Å². The average Bonchev–Trinajstić information content (AvgIpc) is 2.86. The first kappa shape index (κ1) is 15.9. The number of hydrogen-bond acceptors (Lipinski definition) is 3. The van der Waals surface area contributed by atoms with Gasteiger partial charge < -0.3 is 14.5 Å². The van der Waals surface area contributed by atoms with Gasteiger partial charge in [-0.3, -0.25) is 0 Å². The van der Waals surface area contributed by atoms with Crippen molar-refractivity contribution < 1.29 is 17.9 Å². The van der Waals surface area contributed by atoms with Crippen LogP contribution in [-0.2, 0) is 11.2 Å². The van der Waals surface area contributed by atoms with Gasteiger partial charge in [-0.1, -0.05) is 25.1 Å². The Labute approximate surface area is 123 Å². The van der Waals surface area contributed by atoms with E-state index in [4.69, 9.17) is 9.15 Å². The van der Waals surface area contributed by atoms with Gasteiger partial charge in [-0.25, -0.2) is 8.78 Å². The topological polar surface area (TPSA) is 34.4 Å². The molecule has 0 fully saturated rings. The third-order valence-electron chi connectivity index (χ3n) is 3.52. The van der Waals surface area contributed by atoms with Crippen LogP contribution in [0.4, 0.5) is 8.78 Å². The first-order valence-corrected chi connectivity index (χ1v) is 7.20. The second-order valence-corrected chi connectivity index (χ2v) is 4.88. The van der Waals surface area contributed by atoms with Crippen molar-refractivity contribution in [3.05, 3.63) is 35.6 Å². The van der Waals surface area contributed by atoms with Gasteiger partial charge in [-0.15, -0.1) is 0 Å². The molecule has 0 aliphatic carbocycles. The van der Waals surface area contributed by atoms with Crippen molar-refractivity contribution in [2.24, 2.45) is 0 Å². The van der Waals surface area contributed by atoms with E-state index in [0.29, 0.717) is 13.0 Å². The lowest BCUT2D eigenvalue weighted by atomic mass is 9.99. The number of hydrogen-bond donors (Lipinski definition) is 1. The summed E-state index contributed by atoms with van der Waals surface area (Å²) in [4.78, 5) is 0. The Balaban J connectivity index is 2.17. The summed E-state index contributed by atoms with van der Waals surface area (Å²) >= 11 is 0. The summed E-state index contributed by atoms with van der Waals surface area (Å²) in [5.41, 5.74) is 1.97. The summed E-state index contributed by atoms with van der Waals surface area (Å²) < 4.78 is 35.0. The van der Waals surface area contributed by atoms with Gasteiger partial charge in [0.2, 0.25) is 0 Å². The number of para-hydroxylation sites is 1. The van der Waals surface area contributed by atoms with Crippen molar-refractivity contribution in [3.63, 3.8) is 0 Å². The first-order chi connectivity index (χ1) is 10.2. The Morgan fingerprint density at radius 3 is 2.71 bits per heavy atom. The minimum Gasteiger partial charge on any atom is -0.461 e. The van der Waals surface area contributed by atoms with Gasteiger partial charge in [0.15, 0.2) is 0 Å². The Hall–Kier alpha value is -1.46. The minimum atomic E-state index is -2.42. The highest BCUT2D eigenvalue weighted by atomic mass is 19.3. The number of alkyl halides is 2. The molecule has 0 bridgehead atoms. The van der Waals surface area contributed by atoms with Crippen LogP contribution in [0.25, 0.3) is 11.0 Å². The number of fused-ring (bicyclic) bond motifs is 1. The monoisotopic (exact) mass is 297 g/mol. The lowest BCUT2D eigenvalue weighted by Gasteiger charge is -2.17. The third-order valence-corrected chi connectivity index (χ3v) is 3.52. The van der Waals surface area contributed by atoms with Crippen molar-refractivity contribution in [3.8, 4) is 0 Å². The van der Waals surface area contributed by atoms with Crippen molar-refractivity contribution in [1.82, 2.24) is 5.32 Å². The van der Waals surface area contributed by atoms with Gasteiger partial charge in [0.25, 0.3) is 6.43 Å². The van der Waals surface area contributed by atoms with E-state index in [1.54, 1.807) is 0 Å². The van der Waals surface area contributed by atoms with Gasteiger partial charge in [0, 0.05) is 30.0 Å². The standard InChI is InChI=1S/C16H21F2NO2/c1-3-13-16(11-6-4-5-7-14(11)21-13)12(19-2)8-9-20-10-15(17)18/h4-7,12,15,19H,3,8-10H2,1-2H3. The van der Waals surface area contributed by atoms with Gasteiger partial charge in [0.1, 0.15) is 18.0 Å². The van der Waals surface area contributed by atoms with Crippen LogP contribution in [0.2, 0.25) is 0 Å². The zero-order valence-electron chi connectivity index (χ0n) is 12.4. The molecule has 0 amide bonds. The summed E-state index contributed by atoms with van der Waals surface area (Å²) in [6, 6.07) is 7.91. The molecule has 2 rings (SSSR count). The lowest BCUT2D eigenvalue weighted by Crippen LogP contribution is -2.20. The van der Waals surface area contributed by atoms with E-state index in [9.17, 15) is 8.78 Å². The SMILES string of the molecule is CCc1oc2ccccc2c1C(CCOCC(F)F)NC. The van der Waals surface area contributed by atoms with E-state index in [1.165, 1.54) is 0 Å². The lowest BCUT2D eigenvalue weighted by molar-refractivity contribution is 0.0145. The fourth-order valence-electron chi connectivity index (χ4n) is 2.57. The number of nitrogens with one attached hydrogen (secondary N) is 1. The smallest absolute Gasteiger partial charge is 0.261 e. The zero-order chi connectivity index (χ0) is 15.2. The minimum absolute atomic E-state index is 0.0290. The van der Waals surface area contributed by atoms with E-state index in [0.717, 1.165) is 28.7 Å². The predicted molar refractivity (Wildman–Crippen MR) is 78.8 cm³/mol. The van der Waals surface area contributed by atoms with Gasteiger partial charge >= 0.3 is 0 Å². The molecule has 0 aliphatic rings. The molecule has 1 aromatic heterocycles. The van der Waals surface area contributed by atoms with Crippen LogP contribution < -0.4 is 5.32 Å². The maximum Gasteiger partial charge on any atom is 0.261 e. The molecule has 1 N–H and O–H groups in total. The number of aryl methyl sites for hydroxylation is 1. The fraction of sp³-hybridized carbons (Fsp3) is 0.500. The van der Waals surface area contributed by atoms with Crippen LogP contribution in [0.3, 0.4) is 0 Å². The Bertz CT molecular complexity index is 568. The van der Waals surface area contributed by atoms with Crippen molar-refractivity contribution >= 4 is 11.0 Å². The normalized spacial score (nSPS) is 13.2. The Morgan fingerprint density at radius 2 is 2.05 bits per heavy atom.